The maximum absolute atomic E-state index is 13.3. The van der Waals surface area contributed by atoms with E-state index in [0.29, 0.717) is 17.9 Å². The third-order valence-corrected chi connectivity index (χ3v) is 6.80. The molecule has 0 saturated heterocycles. The summed E-state index contributed by atoms with van der Waals surface area (Å²) in [5.41, 5.74) is 0.949. The first-order valence-corrected chi connectivity index (χ1v) is 14.3. The van der Waals surface area contributed by atoms with Crippen LogP contribution >= 0.6 is 0 Å². The van der Waals surface area contributed by atoms with E-state index >= 15 is 0 Å². The van der Waals surface area contributed by atoms with Crippen molar-refractivity contribution < 1.29 is 38.1 Å². The number of phenols is 1. The summed E-state index contributed by atoms with van der Waals surface area (Å²) in [5.74, 6) is -1.52. The highest BCUT2D eigenvalue weighted by Crippen LogP contribution is 2.19. The van der Waals surface area contributed by atoms with Crippen LogP contribution in [0.5, 0.6) is 17.2 Å². The van der Waals surface area contributed by atoms with Crippen molar-refractivity contribution in [3.63, 3.8) is 0 Å². The van der Waals surface area contributed by atoms with E-state index in [1.54, 1.807) is 36.4 Å². The number of fused-ring (bicyclic) bond motifs is 1. The first kappa shape index (κ1) is 31.8. The molecule has 3 aromatic carbocycles. The van der Waals surface area contributed by atoms with Crippen molar-refractivity contribution in [1.29, 1.82) is 0 Å². The number of carbonyl (C=O) groups is 4. The zero-order valence-electron chi connectivity index (χ0n) is 24.0. The molecule has 1 heterocycles. The minimum atomic E-state index is -1.09. The number of halogens is 1. The van der Waals surface area contributed by atoms with Crippen molar-refractivity contribution >= 4 is 23.6 Å². The average molecular weight is 607 g/mol. The molecule has 0 bridgehead atoms. The molecule has 0 spiro atoms. The van der Waals surface area contributed by atoms with E-state index in [-0.39, 0.29) is 62.8 Å². The van der Waals surface area contributed by atoms with E-state index in [1.807, 2.05) is 0 Å². The molecule has 11 nitrogen and oxygen atoms in total. The molecule has 0 unspecified atom stereocenters. The number of nitrogens with one attached hydrogen (secondary N) is 4. The lowest BCUT2D eigenvalue weighted by atomic mass is 10.0. The molecule has 5 N–H and O–H groups in total. The Kier molecular flexibility index (Phi) is 11.5. The fourth-order valence-electron chi connectivity index (χ4n) is 4.49. The summed E-state index contributed by atoms with van der Waals surface area (Å²) in [6.07, 6.45) is 0.393. The Balaban J connectivity index is 1.46. The summed E-state index contributed by atoms with van der Waals surface area (Å²) < 4.78 is 24.5. The second-order valence-electron chi connectivity index (χ2n) is 10.1. The van der Waals surface area contributed by atoms with Gasteiger partial charge in [0, 0.05) is 19.4 Å². The van der Waals surface area contributed by atoms with Crippen molar-refractivity contribution in [3.05, 3.63) is 89.7 Å². The largest absolute Gasteiger partial charge is 0.508 e. The summed E-state index contributed by atoms with van der Waals surface area (Å²) in [7, 11) is 0. The Morgan fingerprint density at radius 2 is 1.75 bits per heavy atom. The number of hydrogen-bond donors (Lipinski definition) is 5. The summed E-state index contributed by atoms with van der Waals surface area (Å²) in [5, 5.41) is 20.6. The van der Waals surface area contributed by atoms with Gasteiger partial charge in [0.1, 0.15) is 41.8 Å². The Morgan fingerprint density at radius 3 is 2.52 bits per heavy atom. The van der Waals surface area contributed by atoms with E-state index in [2.05, 4.69) is 21.3 Å². The maximum atomic E-state index is 13.3. The van der Waals surface area contributed by atoms with Gasteiger partial charge < -0.3 is 35.8 Å². The van der Waals surface area contributed by atoms with Gasteiger partial charge in [0.2, 0.25) is 17.7 Å². The molecule has 4 amide bonds. The number of phenolic OH excluding ortho intramolecular Hbond substituents is 1. The van der Waals surface area contributed by atoms with Crippen LogP contribution in [0.1, 0.15) is 35.2 Å². The molecule has 0 fully saturated rings. The van der Waals surface area contributed by atoms with Crippen LogP contribution in [0.15, 0.2) is 72.8 Å². The van der Waals surface area contributed by atoms with Crippen LogP contribution in [0, 0.1) is 5.82 Å². The monoisotopic (exact) mass is 606 g/mol. The third-order valence-electron chi connectivity index (χ3n) is 6.80. The van der Waals surface area contributed by atoms with Gasteiger partial charge in [0.05, 0.1) is 18.7 Å². The molecule has 0 aromatic heterocycles. The lowest BCUT2D eigenvalue weighted by Crippen LogP contribution is -2.50. The maximum Gasteiger partial charge on any atom is 0.255 e. The van der Waals surface area contributed by atoms with Gasteiger partial charge in [-0.15, -0.1) is 0 Å². The first-order valence-electron chi connectivity index (χ1n) is 14.3. The van der Waals surface area contributed by atoms with Crippen molar-refractivity contribution in [2.24, 2.45) is 0 Å². The molecule has 1 aliphatic heterocycles. The number of carbonyl (C=O) groups excluding carboxylic acids is 4. The standard InChI is InChI=1S/C32H35FN4O7/c33-22-8-12-24(13-9-22)43-19-17-35-31(41)26-14-15-29(39)36-27(20-21-6-10-23(38)11-7-21)32(42)34-16-3-18-44-28-5-2-1-4-25(28)30(40)37-26/h1-2,4-13,26-27,38H,3,14-20H2,(H,34,42)(H,35,41)(H,36,39)(H,37,40)/t26-,27-/m0/s1. The predicted molar refractivity (Wildman–Crippen MR) is 159 cm³/mol. The van der Waals surface area contributed by atoms with Crippen molar-refractivity contribution in [2.45, 2.75) is 37.8 Å². The van der Waals surface area contributed by atoms with Crippen LogP contribution in [0.4, 0.5) is 4.39 Å². The van der Waals surface area contributed by atoms with Gasteiger partial charge in [0.25, 0.3) is 5.91 Å². The lowest BCUT2D eigenvalue weighted by Gasteiger charge is -2.22. The van der Waals surface area contributed by atoms with Crippen LogP contribution in [0.3, 0.4) is 0 Å². The summed E-state index contributed by atoms with van der Waals surface area (Å²) in [6, 6.07) is 16.4. The lowest BCUT2D eigenvalue weighted by molar-refractivity contribution is -0.129. The Morgan fingerprint density at radius 1 is 1.00 bits per heavy atom. The molecule has 0 aliphatic carbocycles. The second kappa shape index (κ2) is 15.9. The summed E-state index contributed by atoms with van der Waals surface area (Å²) in [6.45, 7) is 0.659. The Bertz CT molecular complexity index is 1430. The molecule has 4 rings (SSSR count). The molecule has 12 heteroatoms. The highest BCUT2D eigenvalue weighted by molar-refractivity contribution is 5.99. The van der Waals surface area contributed by atoms with E-state index in [1.165, 1.54) is 36.4 Å². The van der Waals surface area contributed by atoms with Crippen molar-refractivity contribution in [2.75, 3.05) is 26.3 Å². The molecule has 3 aromatic rings. The number of amides is 4. The highest BCUT2D eigenvalue weighted by atomic mass is 19.1. The summed E-state index contributed by atoms with van der Waals surface area (Å²) in [4.78, 5) is 52.5. The third kappa shape index (κ3) is 9.72. The number of hydrogen-bond acceptors (Lipinski definition) is 7. The molecular formula is C32H35FN4O7. The molecule has 232 valence electrons. The first-order chi connectivity index (χ1) is 21.3. The topological polar surface area (TPSA) is 155 Å². The quantitative estimate of drug-likeness (QED) is 0.259. The highest BCUT2D eigenvalue weighted by Gasteiger charge is 2.26. The molecule has 2 atom stereocenters. The Labute approximate surface area is 254 Å². The van der Waals surface area contributed by atoms with Crippen LogP contribution in [0.25, 0.3) is 0 Å². The van der Waals surface area contributed by atoms with Crippen molar-refractivity contribution in [1.82, 2.24) is 21.3 Å². The smallest absolute Gasteiger partial charge is 0.255 e. The number of rotatable bonds is 7. The Hall–Kier alpha value is -5.13. The van der Waals surface area contributed by atoms with Gasteiger partial charge in [-0.25, -0.2) is 4.39 Å². The zero-order valence-corrected chi connectivity index (χ0v) is 24.0. The molecule has 0 saturated carbocycles. The summed E-state index contributed by atoms with van der Waals surface area (Å²) >= 11 is 0. The van der Waals surface area contributed by atoms with Gasteiger partial charge in [-0.2, -0.15) is 0 Å². The van der Waals surface area contributed by atoms with Crippen LogP contribution in [-0.4, -0.2) is 67.1 Å². The van der Waals surface area contributed by atoms with Gasteiger partial charge in [-0.3, -0.25) is 19.2 Å². The molecule has 44 heavy (non-hydrogen) atoms. The van der Waals surface area contributed by atoms with Crippen molar-refractivity contribution in [3.8, 4) is 17.2 Å². The average Bonchev–Trinajstić information content (AvgIpc) is 3.02. The minimum Gasteiger partial charge on any atom is -0.508 e. The van der Waals surface area contributed by atoms with Crippen LogP contribution < -0.4 is 30.7 Å². The molecule has 0 radical (unpaired) electrons. The van der Waals surface area contributed by atoms with E-state index < -0.39 is 35.6 Å². The van der Waals surface area contributed by atoms with E-state index in [4.69, 9.17) is 9.47 Å². The predicted octanol–water partition coefficient (Wildman–Crippen LogP) is 2.23. The van der Waals surface area contributed by atoms with Gasteiger partial charge in [-0.1, -0.05) is 24.3 Å². The number of aromatic hydroxyl groups is 1. The van der Waals surface area contributed by atoms with E-state index in [9.17, 15) is 28.7 Å². The van der Waals surface area contributed by atoms with Gasteiger partial charge >= 0.3 is 0 Å². The molecule has 1 aliphatic rings. The number of para-hydroxylation sites is 1. The molecular weight excluding hydrogens is 571 g/mol. The van der Waals surface area contributed by atoms with Gasteiger partial charge in [0.15, 0.2) is 0 Å². The second-order valence-corrected chi connectivity index (χ2v) is 10.1. The fourth-order valence-corrected chi connectivity index (χ4v) is 4.49. The van der Waals surface area contributed by atoms with Crippen LogP contribution in [0.2, 0.25) is 0 Å². The van der Waals surface area contributed by atoms with Crippen LogP contribution in [-0.2, 0) is 20.8 Å². The fraction of sp³-hybridized carbons (Fsp3) is 0.312. The normalized spacial score (nSPS) is 18.1. The van der Waals surface area contributed by atoms with Gasteiger partial charge in [-0.05, 0) is 66.9 Å². The number of ether oxygens (including phenoxy) is 2. The minimum absolute atomic E-state index is 0.0567. The SMILES string of the molecule is O=C1CC[C@@H](C(=O)NCCOc2ccc(F)cc2)NC(=O)c2ccccc2OCCCNC(=O)[C@H](Cc2ccc(O)cc2)N1. The number of benzene rings is 3. The van der Waals surface area contributed by atoms with E-state index in [0.717, 1.165) is 5.56 Å². The zero-order chi connectivity index (χ0) is 31.3.